The standard InChI is InChI=1S/C54H105O13P/c1-3-5-7-9-11-13-15-17-19-20-21-22-23-24-25-26-27-29-31-33-35-37-39-41-43-48(56)66-46(45-65-68(62,63)67-54-52(60)50(58)49(57)51(59)53(54)61)44-64-47(55)42-40-38-36-34-32-30-28-18-16-14-12-10-8-6-4-2/h46,49-54,57-61H,3-45H2,1-2H3,(H,62,63). The van der Waals surface area contributed by atoms with Gasteiger partial charge < -0.3 is 39.9 Å². The van der Waals surface area contributed by atoms with Crippen molar-refractivity contribution in [3.8, 4) is 0 Å². The van der Waals surface area contributed by atoms with E-state index in [0.29, 0.717) is 12.8 Å². The van der Waals surface area contributed by atoms with E-state index in [1.165, 1.54) is 199 Å². The van der Waals surface area contributed by atoms with Gasteiger partial charge in [0.25, 0.3) is 0 Å². The molecule has 14 heteroatoms. The molecule has 0 heterocycles. The molecule has 404 valence electrons. The maximum Gasteiger partial charge on any atom is 0.472 e. The Morgan fingerprint density at radius 3 is 0.971 bits per heavy atom. The van der Waals surface area contributed by atoms with Crippen LogP contribution >= 0.6 is 7.82 Å². The Balaban J connectivity index is 2.30. The average Bonchev–Trinajstić information content (AvgIpc) is 3.32. The van der Waals surface area contributed by atoms with Crippen LogP contribution in [0.25, 0.3) is 0 Å². The average molecular weight is 993 g/mol. The monoisotopic (exact) mass is 993 g/mol. The Morgan fingerprint density at radius 2 is 0.662 bits per heavy atom. The van der Waals surface area contributed by atoms with E-state index in [1.54, 1.807) is 0 Å². The maximum atomic E-state index is 12.9. The maximum absolute atomic E-state index is 12.9. The number of esters is 2. The van der Waals surface area contributed by atoms with Crippen LogP contribution < -0.4 is 0 Å². The lowest BCUT2D eigenvalue weighted by atomic mass is 9.85. The fourth-order valence-electron chi connectivity index (χ4n) is 9.17. The number of unbranched alkanes of at least 4 members (excludes halogenated alkanes) is 37. The van der Waals surface area contributed by atoms with Crippen LogP contribution in [0, 0.1) is 0 Å². The zero-order valence-electron chi connectivity index (χ0n) is 43.4. The van der Waals surface area contributed by atoms with E-state index >= 15 is 0 Å². The van der Waals surface area contributed by atoms with Crippen molar-refractivity contribution in [1.82, 2.24) is 0 Å². The topological polar surface area (TPSA) is 210 Å². The van der Waals surface area contributed by atoms with Gasteiger partial charge in [0.2, 0.25) is 0 Å². The van der Waals surface area contributed by atoms with Crippen LogP contribution in [0.3, 0.4) is 0 Å². The lowest BCUT2D eigenvalue weighted by molar-refractivity contribution is -0.220. The number of aliphatic hydroxyl groups is 5. The number of carbonyl (C=O) groups is 2. The third kappa shape index (κ3) is 35.9. The summed E-state index contributed by atoms with van der Waals surface area (Å²) >= 11 is 0. The largest absolute Gasteiger partial charge is 0.472 e. The number of carbonyl (C=O) groups excluding carboxylic acids is 2. The quantitative estimate of drug-likeness (QED) is 0.0191. The summed E-state index contributed by atoms with van der Waals surface area (Å²) in [7, 11) is -5.12. The molecule has 1 aliphatic rings. The highest BCUT2D eigenvalue weighted by Crippen LogP contribution is 2.47. The first-order chi connectivity index (χ1) is 32.9. The summed E-state index contributed by atoms with van der Waals surface area (Å²) in [6.07, 6.45) is 35.8. The fraction of sp³-hybridized carbons (Fsp3) is 0.963. The van der Waals surface area contributed by atoms with E-state index in [-0.39, 0.29) is 12.8 Å². The minimum Gasteiger partial charge on any atom is -0.462 e. The molecule has 0 radical (unpaired) electrons. The van der Waals surface area contributed by atoms with Crippen LogP contribution in [0.2, 0.25) is 0 Å². The number of phosphoric ester groups is 1. The highest BCUT2D eigenvalue weighted by atomic mass is 31.2. The highest BCUT2D eigenvalue weighted by Gasteiger charge is 2.51. The van der Waals surface area contributed by atoms with Gasteiger partial charge in [0.1, 0.15) is 43.2 Å². The van der Waals surface area contributed by atoms with Gasteiger partial charge in [-0.3, -0.25) is 18.6 Å². The highest BCUT2D eigenvalue weighted by molar-refractivity contribution is 7.47. The molecule has 1 rings (SSSR count). The van der Waals surface area contributed by atoms with Crippen molar-refractivity contribution in [2.24, 2.45) is 0 Å². The lowest BCUT2D eigenvalue weighted by Gasteiger charge is -2.41. The zero-order valence-corrected chi connectivity index (χ0v) is 44.3. The molecule has 1 aliphatic carbocycles. The molecule has 0 amide bonds. The second-order valence-electron chi connectivity index (χ2n) is 20.2. The second kappa shape index (κ2) is 44.5. The minimum absolute atomic E-state index is 0.106. The Kier molecular flexibility index (Phi) is 42.5. The van der Waals surface area contributed by atoms with E-state index in [0.717, 1.165) is 38.5 Å². The van der Waals surface area contributed by atoms with Crippen molar-refractivity contribution in [3.63, 3.8) is 0 Å². The number of hydrogen-bond acceptors (Lipinski definition) is 12. The van der Waals surface area contributed by atoms with Crippen LogP contribution in [0.1, 0.15) is 277 Å². The van der Waals surface area contributed by atoms with Crippen LogP contribution in [0.4, 0.5) is 0 Å². The molecule has 13 nitrogen and oxygen atoms in total. The molecule has 68 heavy (non-hydrogen) atoms. The molecule has 6 atom stereocenters. The predicted octanol–water partition coefficient (Wildman–Crippen LogP) is 12.8. The van der Waals surface area contributed by atoms with Crippen LogP contribution in [-0.2, 0) is 32.7 Å². The van der Waals surface area contributed by atoms with Gasteiger partial charge in [-0.05, 0) is 12.8 Å². The van der Waals surface area contributed by atoms with E-state index in [9.17, 15) is 44.6 Å². The molecule has 0 saturated heterocycles. The van der Waals surface area contributed by atoms with Gasteiger partial charge in [0, 0.05) is 12.8 Å². The molecule has 0 spiro atoms. The van der Waals surface area contributed by atoms with Crippen molar-refractivity contribution in [3.05, 3.63) is 0 Å². The van der Waals surface area contributed by atoms with Gasteiger partial charge >= 0.3 is 19.8 Å². The van der Waals surface area contributed by atoms with E-state index in [4.69, 9.17) is 18.5 Å². The summed E-state index contributed by atoms with van der Waals surface area (Å²) in [5.41, 5.74) is 0. The Labute approximate surface area is 414 Å². The van der Waals surface area contributed by atoms with Gasteiger partial charge in [-0.1, -0.05) is 251 Å². The molecule has 0 aromatic carbocycles. The molecular weight excluding hydrogens is 888 g/mol. The third-order valence-corrected chi connectivity index (χ3v) is 14.7. The smallest absolute Gasteiger partial charge is 0.462 e. The molecule has 6 unspecified atom stereocenters. The Bertz CT molecular complexity index is 1190. The number of aliphatic hydroxyl groups excluding tert-OH is 5. The molecule has 0 aromatic heterocycles. The number of phosphoric acid groups is 1. The molecule has 0 aromatic rings. The second-order valence-corrected chi connectivity index (χ2v) is 21.6. The number of hydrogen-bond donors (Lipinski definition) is 6. The first-order valence-corrected chi connectivity index (χ1v) is 29.8. The number of rotatable bonds is 49. The summed E-state index contributed by atoms with van der Waals surface area (Å²) in [6.45, 7) is 3.37. The van der Waals surface area contributed by atoms with Gasteiger partial charge in [0.05, 0.1) is 6.61 Å². The molecule has 0 bridgehead atoms. The summed E-state index contributed by atoms with van der Waals surface area (Å²) in [6, 6.07) is 0. The van der Waals surface area contributed by atoms with Crippen molar-refractivity contribution in [2.45, 2.75) is 320 Å². The van der Waals surface area contributed by atoms with Crippen molar-refractivity contribution in [2.75, 3.05) is 13.2 Å². The first kappa shape index (κ1) is 64.9. The van der Waals surface area contributed by atoms with Crippen molar-refractivity contribution >= 4 is 19.8 Å². The zero-order chi connectivity index (χ0) is 49.9. The van der Waals surface area contributed by atoms with Gasteiger partial charge in [-0.25, -0.2) is 4.57 Å². The summed E-state index contributed by atoms with van der Waals surface area (Å²) in [5.74, 6) is -1.08. The molecular formula is C54H105O13P. The van der Waals surface area contributed by atoms with Gasteiger partial charge in [-0.2, -0.15) is 0 Å². The van der Waals surface area contributed by atoms with Crippen LogP contribution in [0.15, 0.2) is 0 Å². The van der Waals surface area contributed by atoms with Crippen molar-refractivity contribution < 1.29 is 63.1 Å². The third-order valence-electron chi connectivity index (χ3n) is 13.7. The van der Waals surface area contributed by atoms with E-state index in [1.807, 2.05) is 0 Å². The van der Waals surface area contributed by atoms with Crippen LogP contribution in [0.5, 0.6) is 0 Å². The number of ether oxygens (including phenoxy) is 2. The van der Waals surface area contributed by atoms with Gasteiger partial charge in [-0.15, -0.1) is 0 Å². The fourth-order valence-corrected chi connectivity index (χ4v) is 10.1. The van der Waals surface area contributed by atoms with Crippen molar-refractivity contribution in [1.29, 1.82) is 0 Å². The minimum atomic E-state index is -5.12. The predicted molar refractivity (Wildman–Crippen MR) is 272 cm³/mol. The molecule has 0 aliphatic heterocycles. The summed E-state index contributed by atoms with van der Waals surface area (Å²) in [5, 5.41) is 50.3. The van der Waals surface area contributed by atoms with Gasteiger partial charge in [0.15, 0.2) is 6.10 Å². The molecule has 6 N–H and O–H groups in total. The Hall–Kier alpha value is -1.15. The Morgan fingerprint density at radius 1 is 0.397 bits per heavy atom. The summed E-state index contributed by atoms with van der Waals surface area (Å²) in [4.78, 5) is 35.9. The van der Waals surface area contributed by atoms with E-state index < -0.39 is 75.7 Å². The van der Waals surface area contributed by atoms with Crippen LogP contribution in [-0.4, -0.2) is 98.3 Å². The SMILES string of the molecule is CCCCCCCCCCCCCCCCCCCCCCCCCCC(=O)OC(COC(=O)CCCCCCCCCCCCCCCCC)COP(=O)(O)OC1C(O)C(O)C(O)C(O)C1O. The van der Waals surface area contributed by atoms with E-state index in [2.05, 4.69) is 13.8 Å². The first-order valence-electron chi connectivity index (χ1n) is 28.3. The lowest BCUT2D eigenvalue weighted by Crippen LogP contribution is -2.64. The normalized spacial score (nSPS) is 20.9. The molecule has 1 saturated carbocycles. The summed E-state index contributed by atoms with van der Waals surface area (Å²) < 4.78 is 33.7. The molecule has 1 fully saturated rings.